The molecule has 0 spiro atoms. The zero-order chi connectivity index (χ0) is 11.6. The summed E-state index contributed by atoms with van der Waals surface area (Å²) in [5.74, 6) is 0.150. The Morgan fingerprint density at radius 2 is 2.13 bits per heavy atom. The molecule has 5 nitrogen and oxygen atoms in total. The highest BCUT2D eigenvalue weighted by Crippen LogP contribution is 2.11. The highest BCUT2D eigenvalue weighted by atomic mass is 16.2. The van der Waals surface area contributed by atoms with Crippen LogP contribution < -0.4 is 0 Å². The van der Waals surface area contributed by atoms with Gasteiger partial charge in [0.1, 0.15) is 0 Å². The molecule has 0 aromatic carbocycles. The van der Waals surface area contributed by atoms with E-state index in [2.05, 4.69) is 0 Å². The van der Waals surface area contributed by atoms with Gasteiger partial charge in [0.05, 0.1) is 19.3 Å². The first-order chi connectivity index (χ1) is 6.97. The fourth-order valence-corrected chi connectivity index (χ4v) is 1.69. The summed E-state index contributed by atoms with van der Waals surface area (Å²) in [7, 11) is 3.46. The Labute approximate surface area is 90.6 Å². The lowest BCUT2D eigenvalue weighted by Crippen LogP contribution is -2.44. The number of hydrogen-bond acceptors (Lipinski definition) is 3. The summed E-state index contributed by atoms with van der Waals surface area (Å²) < 4.78 is 0. The molecule has 0 aromatic heterocycles. The molecule has 86 valence electrons. The second-order valence-electron chi connectivity index (χ2n) is 4.05. The van der Waals surface area contributed by atoms with Crippen LogP contribution in [0.4, 0.5) is 0 Å². The Kier molecular flexibility index (Phi) is 3.68. The maximum atomic E-state index is 11.7. The van der Waals surface area contributed by atoms with E-state index in [9.17, 15) is 9.59 Å². The Bertz CT molecular complexity index is 265. The predicted octanol–water partition coefficient (Wildman–Crippen LogP) is -0.415. The molecule has 1 heterocycles. The smallest absolute Gasteiger partial charge is 0.239 e. The summed E-state index contributed by atoms with van der Waals surface area (Å²) in [5.41, 5.74) is 0. The summed E-state index contributed by atoms with van der Waals surface area (Å²) in [5, 5.41) is 0. The van der Waals surface area contributed by atoms with Crippen molar-refractivity contribution < 1.29 is 9.59 Å². The van der Waals surface area contributed by atoms with E-state index in [0.29, 0.717) is 19.8 Å². The van der Waals surface area contributed by atoms with E-state index in [0.717, 1.165) is 0 Å². The van der Waals surface area contributed by atoms with Crippen molar-refractivity contribution in [3.63, 3.8) is 0 Å². The third-order valence-electron chi connectivity index (χ3n) is 2.77. The average molecular weight is 213 g/mol. The topological polar surface area (TPSA) is 43.9 Å². The van der Waals surface area contributed by atoms with Gasteiger partial charge in [-0.25, -0.2) is 0 Å². The van der Waals surface area contributed by atoms with Crippen LogP contribution in [0.3, 0.4) is 0 Å². The van der Waals surface area contributed by atoms with Crippen LogP contribution in [-0.4, -0.2) is 66.4 Å². The molecule has 1 aliphatic heterocycles. The summed E-state index contributed by atoms with van der Waals surface area (Å²) in [4.78, 5) is 28.4. The molecule has 15 heavy (non-hydrogen) atoms. The lowest BCUT2D eigenvalue weighted by atomic mass is 10.2. The standard InChI is InChI=1S/C10H19N3O2/c1-5-12-7-13(6-9(12)14)8(2)10(15)11(3)4/h8H,5-7H2,1-4H3. The summed E-state index contributed by atoms with van der Waals surface area (Å²) in [6.45, 7) is 5.41. The second kappa shape index (κ2) is 4.61. The van der Waals surface area contributed by atoms with Crippen LogP contribution in [0.2, 0.25) is 0 Å². The Balaban J connectivity index is 2.60. The van der Waals surface area contributed by atoms with E-state index < -0.39 is 0 Å². The van der Waals surface area contributed by atoms with Gasteiger partial charge >= 0.3 is 0 Å². The van der Waals surface area contributed by atoms with Crippen molar-refractivity contribution in [1.29, 1.82) is 0 Å². The van der Waals surface area contributed by atoms with Crippen molar-refractivity contribution in [3.05, 3.63) is 0 Å². The van der Waals surface area contributed by atoms with Crippen LogP contribution in [0.15, 0.2) is 0 Å². The minimum atomic E-state index is -0.222. The van der Waals surface area contributed by atoms with Gasteiger partial charge in [-0.3, -0.25) is 14.5 Å². The summed E-state index contributed by atoms with van der Waals surface area (Å²) in [6.07, 6.45) is 0. The minimum Gasteiger partial charge on any atom is -0.347 e. The molecule has 1 aliphatic rings. The van der Waals surface area contributed by atoms with Gasteiger partial charge in [-0.15, -0.1) is 0 Å². The minimum absolute atomic E-state index is 0.0424. The van der Waals surface area contributed by atoms with Gasteiger partial charge in [0, 0.05) is 20.6 Å². The molecule has 1 saturated heterocycles. The molecular formula is C10H19N3O2. The van der Waals surface area contributed by atoms with Crippen LogP contribution in [0, 0.1) is 0 Å². The van der Waals surface area contributed by atoms with Crippen LogP contribution in [0.25, 0.3) is 0 Å². The first-order valence-electron chi connectivity index (χ1n) is 5.20. The van der Waals surface area contributed by atoms with Crippen LogP contribution >= 0.6 is 0 Å². The first-order valence-corrected chi connectivity index (χ1v) is 5.20. The predicted molar refractivity (Wildman–Crippen MR) is 57.1 cm³/mol. The number of amides is 2. The van der Waals surface area contributed by atoms with Gasteiger partial charge < -0.3 is 9.80 Å². The van der Waals surface area contributed by atoms with Gasteiger partial charge in [-0.05, 0) is 13.8 Å². The molecule has 0 N–H and O–H groups in total. The van der Waals surface area contributed by atoms with Crippen molar-refractivity contribution in [2.24, 2.45) is 0 Å². The normalized spacial score (nSPS) is 19.5. The molecule has 5 heteroatoms. The zero-order valence-electron chi connectivity index (χ0n) is 9.86. The first kappa shape index (κ1) is 12.0. The van der Waals surface area contributed by atoms with Crippen LogP contribution in [-0.2, 0) is 9.59 Å². The average Bonchev–Trinajstić information content (AvgIpc) is 2.57. The molecule has 0 aromatic rings. The highest BCUT2D eigenvalue weighted by molar-refractivity contribution is 5.84. The molecule has 0 bridgehead atoms. The molecule has 1 fully saturated rings. The molecule has 0 aliphatic carbocycles. The highest BCUT2D eigenvalue weighted by Gasteiger charge is 2.32. The van der Waals surface area contributed by atoms with Gasteiger partial charge in [0.2, 0.25) is 11.8 Å². The lowest BCUT2D eigenvalue weighted by Gasteiger charge is -2.25. The van der Waals surface area contributed by atoms with Crippen LogP contribution in [0.5, 0.6) is 0 Å². The second-order valence-corrected chi connectivity index (χ2v) is 4.05. The molecule has 1 rings (SSSR count). The quantitative estimate of drug-likeness (QED) is 0.640. The van der Waals surface area contributed by atoms with Crippen molar-refractivity contribution in [2.45, 2.75) is 19.9 Å². The zero-order valence-corrected chi connectivity index (χ0v) is 9.86. The van der Waals surface area contributed by atoms with E-state index >= 15 is 0 Å². The van der Waals surface area contributed by atoms with Gasteiger partial charge in [-0.2, -0.15) is 0 Å². The van der Waals surface area contributed by atoms with Crippen molar-refractivity contribution >= 4 is 11.8 Å². The molecule has 1 atom stereocenters. The van der Waals surface area contributed by atoms with Crippen molar-refractivity contribution in [2.75, 3.05) is 33.9 Å². The fourth-order valence-electron chi connectivity index (χ4n) is 1.69. The summed E-state index contributed by atoms with van der Waals surface area (Å²) in [6, 6.07) is -0.222. The Morgan fingerprint density at radius 1 is 1.53 bits per heavy atom. The van der Waals surface area contributed by atoms with Gasteiger partial charge in [0.25, 0.3) is 0 Å². The van der Waals surface area contributed by atoms with Crippen LogP contribution in [0.1, 0.15) is 13.8 Å². The van der Waals surface area contributed by atoms with E-state index in [4.69, 9.17) is 0 Å². The number of likely N-dealkylation sites (N-methyl/N-ethyl adjacent to an activating group) is 2. The third kappa shape index (κ3) is 2.47. The monoisotopic (exact) mass is 213 g/mol. The molecule has 0 saturated carbocycles. The largest absolute Gasteiger partial charge is 0.347 e. The van der Waals surface area contributed by atoms with Crippen molar-refractivity contribution in [1.82, 2.24) is 14.7 Å². The molecule has 1 unspecified atom stereocenters. The van der Waals surface area contributed by atoms with E-state index in [1.807, 2.05) is 18.7 Å². The maximum absolute atomic E-state index is 11.7. The number of hydrogen-bond donors (Lipinski definition) is 0. The Hall–Kier alpha value is -1.10. The molecule has 2 amide bonds. The van der Waals surface area contributed by atoms with E-state index in [-0.39, 0.29) is 17.9 Å². The van der Waals surface area contributed by atoms with Gasteiger partial charge in [-0.1, -0.05) is 0 Å². The van der Waals surface area contributed by atoms with E-state index in [1.165, 1.54) is 0 Å². The fraction of sp³-hybridized carbons (Fsp3) is 0.800. The summed E-state index contributed by atoms with van der Waals surface area (Å²) >= 11 is 0. The Morgan fingerprint density at radius 3 is 2.53 bits per heavy atom. The van der Waals surface area contributed by atoms with E-state index in [1.54, 1.807) is 23.9 Å². The maximum Gasteiger partial charge on any atom is 0.239 e. The lowest BCUT2D eigenvalue weighted by molar-refractivity contribution is -0.133. The SMILES string of the molecule is CCN1CN(C(C)C(=O)N(C)C)CC1=O. The number of carbonyl (C=O) groups excluding carboxylic acids is 2. The molecular weight excluding hydrogens is 194 g/mol. The van der Waals surface area contributed by atoms with Crippen molar-refractivity contribution in [3.8, 4) is 0 Å². The number of rotatable bonds is 3. The van der Waals surface area contributed by atoms with Gasteiger partial charge in [0.15, 0.2) is 0 Å². The number of carbonyl (C=O) groups is 2. The third-order valence-corrected chi connectivity index (χ3v) is 2.77. The number of nitrogens with zero attached hydrogens (tertiary/aromatic N) is 3. The molecule has 0 radical (unpaired) electrons.